The number of hydrogen-bond donors (Lipinski definition) is 0. The molecule has 3 heterocycles. The van der Waals surface area contributed by atoms with Crippen LogP contribution in [0.25, 0.3) is 11.0 Å². The standard InChI is InChI=1S/C19H32ClN5OSi/c1-8-25-17-15(13(2)23-25)16(21-18(20)22-17)24-11-9-10-14(24)12-26-27(6,7)19(3,4)5/h14H,8-12H2,1-7H3/t14-/m0/s1. The minimum Gasteiger partial charge on any atom is -0.415 e. The Morgan fingerprint density at radius 1 is 1.26 bits per heavy atom. The molecule has 0 aliphatic carbocycles. The molecule has 0 amide bonds. The SMILES string of the molecule is CCn1nc(C)c2c(N3CCC[C@H]3CO[Si](C)(C)C(C)(C)C)nc(Cl)nc21. The normalized spacial score (nSPS) is 18.7. The molecular weight excluding hydrogens is 378 g/mol. The lowest BCUT2D eigenvalue weighted by Crippen LogP contribution is -2.45. The molecule has 1 atom stereocenters. The summed E-state index contributed by atoms with van der Waals surface area (Å²) in [7, 11) is -1.78. The van der Waals surface area contributed by atoms with E-state index in [9.17, 15) is 0 Å². The summed E-state index contributed by atoms with van der Waals surface area (Å²) in [6.07, 6.45) is 2.24. The van der Waals surface area contributed by atoms with Crippen molar-refractivity contribution in [2.45, 2.75) is 78.2 Å². The molecule has 0 radical (unpaired) electrons. The van der Waals surface area contributed by atoms with Crippen molar-refractivity contribution >= 4 is 36.8 Å². The Morgan fingerprint density at radius 2 is 1.96 bits per heavy atom. The van der Waals surface area contributed by atoms with Gasteiger partial charge in [0.05, 0.1) is 23.7 Å². The summed E-state index contributed by atoms with van der Waals surface area (Å²) >= 11 is 6.28. The smallest absolute Gasteiger partial charge is 0.226 e. The van der Waals surface area contributed by atoms with Crippen LogP contribution in [0.15, 0.2) is 0 Å². The molecule has 3 rings (SSSR count). The van der Waals surface area contributed by atoms with Crippen molar-refractivity contribution in [3.63, 3.8) is 0 Å². The van der Waals surface area contributed by atoms with Crippen LogP contribution in [0.5, 0.6) is 0 Å². The number of halogens is 1. The monoisotopic (exact) mass is 409 g/mol. The van der Waals surface area contributed by atoms with E-state index >= 15 is 0 Å². The van der Waals surface area contributed by atoms with Crippen LogP contribution in [0.3, 0.4) is 0 Å². The van der Waals surface area contributed by atoms with E-state index in [0.717, 1.165) is 55.1 Å². The lowest BCUT2D eigenvalue weighted by Gasteiger charge is -2.38. The molecule has 0 N–H and O–H groups in total. The molecule has 1 fully saturated rings. The first-order valence-corrected chi connectivity index (χ1v) is 13.1. The molecule has 2 aromatic rings. The molecule has 0 aromatic carbocycles. The summed E-state index contributed by atoms with van der Waals surface area (Å²) in [5, 5.41) is 6.13. The van der Waals surface area contributed by atoms with Crippen LogP contribution in [0.4, 0.5) is 5.82 Å². The van der Waals surface area contributed by atoms with E-state index in [1.807, 2.05) is 11.6 Å². The fourth-order valence-electron chi connectivity index (χ4n) is 3.44. The topological polar surface area (TPSA) is 56.1 Å². The highest BCUT2D eigenvalue weighted by Crippen LogP contribution is 2.38. The van der Waals surface area contributed by atoms with E-state index < -0.39 is 8.32 Å². The third-order valence-electron chi connectivity index (χ3n) is 6.11. The second-order valence-electron chi connectivity index (χ2n) is 8.98. The van der Waals surface area contributed by atoms with Gasteiger partial charge >= 0.3 is 0 Å². The summed E-state index contributed by atoms with van der Waals surface area (Å²) in [4.78, 5) is 11.4. The average molecular weight is 410 g/mol. The fraction of sp³-hybridized carbons (Fsp3) is 0.737. The van der Waals surface area contributed by atoms with E-state index in [-0.39, 0.29) is 10.3 Å². The Labute approximate surface area is 168 Å². The van der Waals surface area contributed by atoms with Gasteiger partial charge in [0, 0.05) is 13.1 Å². The van der Waals surface area contributed by atoms with Crippen molar-refractivity contribution in [2.24, 2.45) is 0 Å². The van der Waals surface area contributed by atoms with Gasteiger partial charge < -0.3 is 9.33 Å². The highest BCUT2D eigenvalue weighted by molar-refractivity contribution is 6.74. The van der Waals surface area contributed by atoms with Gasteiger partial charge in [0.15, 0.2) is 14.0 Å². The molecule has 27 heavy (non-hydrogen) atoms. The molecule has 1 saturated heterocycles. The maximum atomic E-state index is 6.53. The van der Waals surface area contributed by atoms with Gasteiger partial charge in [-0.1, -0.05) is 20.8 Å². The molecular formula is C19H32ClN5OSi. The summed E-state index contributed by atoms with van der Waals surface area (Å²) in [6.45, 7) is 18.0. The Balaban J connectivity index is 1.93. The lowest BCUT2D eigenvalue weighted by atomic mass is 10.2. The lowest BCUT2D eigenvalue weighted by molar-refractivity contribution is 0.263. The molecule has 8 heteroatoms. The first-order chi connectivity index (χ1) is 12.5. The molecule has 6 nitrogen and oxygen atoms in total. The number of nitrogens with zero attached hydrogens (tertiary/aromatic N) is 5. The number of fused-ring (bicyclic) bond motifs is 1. The van der Waals surface area contributed by atoms with Gasteiger partial charge in [0.1, 0.15) is 5.82 Å². The van der Waals surface area contributed by atoms with Gasteiger partial charge in [-0.3, -0.25) is 0 Å². The van der Waals surface area contributed by atoms with Gasteiger partial charge in [0.25, 0.3) is 0 Å². The molecule has 2 aromatic heterocycles. The van der Waals surface area contributed by atoms with E-state index in [2.05, 4.69) is 60.8 Å². The quantitative estimate of drug-likeness (QED) is 0.524. The van der Waals surface area contributed by atoms with Crippen LogP contribution in [-0.4, -0.2) is 47.3 Å². The van der Waals surface area contributed by atoms with E-state index in [1.165, 1.54) is 0 Å². The largest absolute Gasteiger partial charge is 0.415 e. The van der Waals surface area contributed by atoms with Crippen LogP contribution in [-0.2, 0) is 11.0 Å². The van der Waals surface area contributed by atoms with Crippen molar-refractivity contribution in [1.82, 2.24) is 19.7 Å². The summed E-state index contributed by atoms with van der Waals surface area (Å²) < 4.78 is 8.43. The minimum absolute atomic E-state index is 0.209. The average Bonchev–Trinajstić information content (AvgIpc) is 3.15. The number of anilines is 1. The Kier molecular flexibility index (Phi) is 5.58. The zero-order valence-electron chi connectivity index (χ0n) is 17.6. The van der Waals surface area contributed by atoms with Gasteiger partial charge in [-0.05, 0) is 56.4 Å². The predicted molar refractivity (Wildman–Crippen MR) is 114 cm³/mol. The number of rotatable bonds is 5. The molecule has 1 aliphatic rings. The molecule has 0 saturated carbocycles. The maximum Gasteiger partial charge on any atom is 0.226 e. The van der Waals surface area contributed by atoms with Crippen LogP contribution in [0.1, 0.15) is 46.2 Å². The third-order valence-corrected chi connectivity index (χ3v) is 10.8. The first kappa shape index (κ1) is 20.5. The summed E-state index contributed by atoms with van der Waals surface area (Å²) in [5.74, 6) is 0.906. The summed E-state index contributed by atoms with van der Waals surface area (Å²) in [6, 6.07) is 0.317. The minimum atomic E-state index is -1.78. The van der Waals surface area contributed by atoms with E-state index in [4.69, 9.17) is 16.0 Å². The van der Waals surface area contributed by atoms with Gasteiger partial charge in [-0.2, -0.15) is 15.1 Å². The van der Waals surface area contributed by atoms with Gasteiger partial charge in [-0.25, -0.2) is 4.68 Å². The molecule has 150 valence electrons. The predicted octanol–water partition coefficient (Wildman–Crippen LogP) is 4.80. The zero-order valence-corrected chi connectivity index (χ0v) is 19.4. The van der Waals surface area contributed by atoms with Crippen molar-refractivity contribution < 1.29 is 4.43 Å². The number of aryl methyl sites for hydroxylation is 2. The second-order valence-corrected chi connectivity index (χ2v) is 14.1. The Bertz CT molecular complexity index is 830. The zero-order chi connectivity index (χ0) is 20.0. The van der Waals surface area contributed by atoms with Crippen LogP contribution >= 0.6 is 11.6 Å². The second kappa shape index (κ2) is 7.33. The molecule has 0 spiro atoms. The number of aromatic nitrogens is 4. The molecule has 1 aliphatic heterocycles. The van der Waals surface area contributed by atoms with Crippen molar-refractivity contribution in [3.05, 3.63) is 11.0 Å². The van der Waals surface area contributed by atoms with Crippen molar-refractivity contribution in [1.29, 1.82) is 0 Å². The Morgan fingerprint density at radius 3 is 2.59 bits per heavy atom. The maximum absolute atomic E-state index is 6.53. The van der Waals surface area contributed by atoms with Crippen LogP contribution in [0, 0.1) is 6.92 Å². The molecule has 0 bridgehead atoms. The van der Waals surface area contributed by atoms with Gasteiger partial charge in [0.2, 0.25) is 5.28 Å². The highest BCUT2D eigenvalue weighted by atomic mass is 35.5. The van der Waals surface area contributed by atoms with Crippen LogP contribution in [0.2, 0.25) is 23.4 Å². The first-order valence-electron chi connectivity index (χ1n) is 9.86. The van der Waals surface area contributed by atoms with Crippen molar-refractivity contribution in [3.8, 4) is 0 Å². The van der Waals surface area contributed by atoms with E-state index in [1.54, 1.807) is 0 Å². The van der Waals surface area contributed by atoms with Crippen molar-refractivity contribution in [2.75, 3.05) is 18.1 Å². The number of hydrogen-bond acceptors (Lipinski definition) is 5. The van der Waals surface area contributed by atoms with Gasteiger partial charge in [-0.15, -0.1) is 0 Å². The summed E-state index contributed by atoms with van der Waals surface area (Å²) in [5.41, 5.74) is 1.77. The molecule has 0 unspecified atom stereocenters. The Hall–Kier alpha value is -1.18. The third kappa shape index (κ3) is 3.87. The highest BCUT2D eigenvalue weighted by Gasteiger charge is 2.39. The van der Waals surface area contributed by atoms with E-state index in [0.29, 0.717) is 6.04 Å². The fourth-order valence-corrected chi connectivity index (χ4v) is 4.64. The van der Waals surface area contributed by atoms with Crippen LogP contribution < -0.4 is 4.90 Å².